The number of ether oxygens (including phenoxy) is 1. The quantitative estimate of drug-likeness (QED) is 0.754. The van der Waals surface area contributed by atoms with E-state index in [-0.39, 0.29) is 23.7 Å². The number of hydrogen-bond acceptors (Lipinski definition) is 3. The van der Waals surface area contributed by atoms with Gasteiger partial charge in [-0.3, -0.25) is 4.79 Å². The number of esters is 1. The maximum absolute atomic E-state index is 11.9. The Bertz CT molecular complexity index is 232. The Balaban J connectivity index is 2.64. The smallest absolute Gasteiger partial charge is 0.311 e. The van der Waals surface area contributed by atoms with Gasteiger partial charge in [0.1, 0.15) is 0 Å². The van der Waals surface area contributed by atoms with Gasteiger partial charge in [-0.2, -0.15) is 0 Å². The van der Waals surface area contributed by atoms with Crippen LogP contribution in [0, 0.1) is 17.8 Å². The second kappa shape index (κ2) is 7.00. The van der Waals surface area contributed by atoms with E-state index in [2.05, 4.69) is 0 Å². The predicted molar refractivity (Wildman–Crippen MR) is 67.5 cm³/mol. The molecule has 0 radical (unpaired) electrons. The lowest BCUT2D eigenvalue weighted by atomic mass is 9.77. The average Bonchev–Trinajstić information content (AvgIpc) is 2.30. The molecule has 0 amide bonds. The van der Waals surface area contributed by atoms with Crippen molar-refractivity contribution in [2.24, 2.45) is 17.8 Å². The van der Waals surface area contributed by atoms with Gasteiger partial charge >= 0.3 is 5.97 Å². The fraction of sp³-hybridized carbons (Fsp3) is 0.929. The van der Waals surface area contributed by atoms with Gasteiger partial charge < -0.3 is 9.84 Å². The van der Waals surface area contributed by atoms with Crippen LogP contribution in [-0.4, -0.2) is 23.8 Å². The van der Waals surface area contributed by atoms with Crippen molar-refractivity contribution in [2.45, 2.75) is 59.0 Å². The average molecular weight is 242 g/mol. The lowest BCUT2D eigenvalue weighted by Gasteiger charge is -2.32. The second-order valence-corrected chi connectivity index (χ2v) is 5.41. The number of aliphatic hydroxyl groups excluding tert-OH is 1. The molecule has 1 saturated carbocycles. The highest BCUT2D eigenvalue weighted by molar-refractivity contribution is 5.73. The van der Waals surface area contributed by atoms with E-state index in [4.69, 9.17) is 4.74 Å². The van der Waals surface area contributed by atoms with Crippen molar-refractivity contribution in [1.29, 1.82) is 0 Å². The van der Waals surface area contributed by atoms with Crippen molar-refractivity contribution < 1.29 is 14.6 Å². The van der Waals surface area contributed by atoms with E-state index in [1.165, 1.54) is 19.3 Å². The van der Waals surface area contributed by atoms with Crippen LogP contribution < -0.4 is 0 Å². The molecule has 100 valence electrons. The van der Waals surface area contributed by atoms with Crippen LogP contribution in [0.4, 0.5) is 0 Å². The lowest BCUT2D eigenvalue weighted by molar-refractivity contribution is -0.156. The zero-order chi connectivity index (χ0) is 12.8. The first-order valence-corrected chi connectivity index (χ1v) is 6.92. The molecule has 2 atom stereocenters. The van der Waals surface area contributed by atoms with Gasteiger partial charge in [-0.15, -0.1) is 0 Å². The standard InChI is InChI=1S/C14H26O3/c1-4-17-14(16)12(10(2)3)13(15)11-8-6-5-7-9-11/h10-13,15H,4-9H2,1-3H3. The highest BCUT2D eigenvalue weighted by Gasteiger charge is 2.36. The van der Waals surface area contributed by atoms with E-state index >= 15 is 0 Å². The molecule has 0 bridgehead atoms. The molecule has 0 aromatic carbocycles. The van der Waals surface area contributed by atoms with Crippen molar-refractivity contribution >= 4 is 5.97 Å². The molecule has 3 nitrogen and oxygen atoms in total. The molecule has 0 aliphatic heterocycles. The molecule has 0 saturated heterocycles. The van der Waals surface area contributed by atoms with Crippen LogP contribution in [0.5, 0.6) is 0 Å². The van der Waals surface area contributed by atoms with Gasteiger partial charge in [0.2, 0.25) is 0 Å². The monoisotopic (exact) mass is 242 g/mol. The van der Waals surface area contributed by atoms with Gasteiger partial charge in [-0.05, 0) is 31.6 Å². The molecule has 0 spiro atoms. The minimum atomic E-state index is -0.533. The summed E-state index contributed by atoms with van der Waals surface area (Å²) >= 11 is 0. The summed E-state index contributed by atoms with van der Waals surface area (Å²) in [6.07, 6.45) is 5.17. The first-order chi connectivity index (χ1) is 8.07. The predicted octanol–water partition coefficient (Wildman–Crippen LogP) is 2.76. The molecule has 1 aliphatic rings. The van der Waals surface area contributed by atoms with Crippen molar-refractivity contribution in [3.8, 4) is 0 Å². The number of carbonyl (C=O) groups excluding carboxylic acids is 1. The van der Waals surface area contributed by atoms with Gasteiger partial charge in [-0.1, -0.05) is 33.1 Å². The van der Waals surface area contributed by atoms with E-state index < -0.39 is 6.10 Å². The molecule has 1 rings (SSSR count). The van der Waals surface area contributed by atoms with Crippen molar-refractivity contribution in [2.75, 3.05) is 6.61 Å². The van der Waals surface area contributed by atoms with E-state index in [1.807, 2.05) is 20.8 Å². The molecule has 0 aromatic heterocycles. The third-order valence-electron chi connectivity index (χ3n) is 3.78. The zero-order valence-corrected chi connectivity index (χ0v) is 11.3. The van der Waals surface area contributed by atoms with E-state index in [0.29, 0.717) is 6.61 Å². The molecule has 17 heavy (non-hydrogen) atoms. The summed E-state index contributed by atoms with van der Waals surface area (Å²) in [6.45, 7) is 6.16. The summed E-state index contributed by atoms with van der Waals surface area (Å²) in [6, 6.07) is 0. The molecule has 1 N–H and O–H groups in total. The number of aliphatic hydroxyl groups is 1. The van der Waals surface area contributed by atoms with Gasteiger partial charge in [0, 0.05) is 0 Å². The fourth-order valence-electron chi connectivity index (χ4n) is 2.81. The van der Waals surface area contributed by atoms with Crippen LogP contribution in [0.15, 0.2) is 0 Å². The minimum Gasteiger partial charge on any atom is -0.466 e. The van der Waals surface area contributed by atoms with Gasteiger partial charge in [-0.25, -0.2) is 0 Å². The molecule has 0 heterocycles. The number of hydrogen-bond donors (Lipinski definition) is 1. The third-order valence-corrected chi connectivity index (χ3v) is 3.78. The fourth-order valence-corrected chi connectivity index (χ4v) is 2.81. The molecule has 0 aromatic rings. The highest BCUT2D eigenvalue weighted by Crippen LogP contribution is 2.32. The van der Waals surface area contributed by atoms with Crippen LogP contribution >= 0.6 is 0 Å². The minimum absolute atomic E-state index is 0.131. The van der Waals surface area contributed by atoms with Gasteiger partial charge in [0.05, 0.1) is 18.6 Å². The summed E-state index contributed by atoms with van der Waals surface area (Å²) in [5.41, 5.74) is 0. The van der Waals surface area contributed by atoms with Crippen LogP contribution in [0.2, 0.25) is 0 Å². The summed E-state index contributed by atoms with van der Waals surface area (Å²) in [7, 11) is 0. The molecule has 2 unspecified atom stereocenters. The zero-order valence-electron chi connectivity index (χ0n) is 11.3. The molecule has 3 heteroatoms. The number of carbonyl (C=O) groups is 1. The molecule has 1 aliphatic carbocycles. The summed E-state index contributed by atoms with van der Waals surface area (Å²) in [5.74, 6) is -0.190. The van der Waals surface area contributed by atoms with Crippen LogP contribution in [0.1, 0.15) is 52.9 Å². The normalized spacial score (nSPS) is 21.2. The summed E-state index contributed by atoms with van der Waals surface area (Å²) in [4.78, 5) is 11.9. The van der Waals surface area contributed by atoms with Crippen molar-refractivity contribution in [3.05, 3.63) is 0 Å². The van der Waals surface area contributed by atoms with Crippen LogP contribution in [0.3, 0.4) is 0 Å². The first kappa shape index (κ1) is 14.5. The van der Waals surface area contributed by atoms with E-state index in [0.717, 1.165) is 12.8 Å². The Morgan fingerprint density at radius 1 is 1.29 bits per heavy atom. The van der Waals surface area contributed by atoms with Crippen molar-refractivity contribution in [3.63, 3.8) is 0 Å². The second-order valence-electron chi connectivity index (χ2n) is 5.41. The SMILES string of the molecule is CCOC(=O)C(C(C)C)C(O)C1CCCCC1. The summed E-state index contributed by atoms with van der Waals surface area (Å²) in [5, 5.41) is 10.4. The Morgan fingerprint density at radius 3 is 2.35 bits per heavy atom. The molecular formula is C14H26O3. The lowest BCUT2D eigenvalue weighted by Crippen LogP contribution is -2.39. The molecule has 1 fully saturated rings. The summed E-state index contributed by atoms with van der Waals surface area (Å²) < 4.78 is 5.08. The van der Waals surface area contributed by atoms with Crippen LogP contribution in [0.25, 0.3) is 0 Å². The largest absolute Gasteiger partial charge is 0.466 e. The van der Waals surface area contributed by atoms with Crippen LogP contribution in [-0.2, 0) is 9.53 Å². The molecular weight excluding hydrogens is 216 g/mol. The Kier molecular flexibility index (Phi) is 5.96. The maximum atomic E-state index is 11.9. The topological polar surface area (TPSA) is 46.5 Å². The first-order valence-electron chi connectivity index (χ1n) is 6.92. The third kappa shape index (κ3) is 3.98. The van der Waals surface area contributed by atoms with E-state index in [1.54, 1.807) is 0 Å². The Morgan fingerprint density at radius 2 is 1.88 bits per heavy atom. The Hall–Kier alpha value is -0.570. The Labute approximate surface area is 105 Å². The van der Waals surface area contributed by atoms with Gasteiger partial charge in [0.25, 0.3) is 0 Å². The number of rotatable bonds is 5. The highest BCUT2D eigenvalue weighted by atomic mass is 16.5. The maximum Gasteiger partial charge on any atom is 0.311 e. The van der Waals surface area contributed by atoms with Crippen molar-refractivity contribution in [1.82, 2.24) is 0 Å². The van der Waals surface area contributed by atoms with E-state index in [9.17, 15) is 9.90 Å². The van der Waals surface area contributed by atoms with Gasteiger partial charge in [0.15, 0.2) is 0 Å².